The van der Waals surface area contributed by atoms with E-state index in [4.69, 9.17) is 0 Å². The van der Waals surface area contributed by atoms with Crippen LogP contribution < -0.4 is 10.6 Å². The molecular formula is C12H24N2O3. The first-order valence-electron chi connectivity index (χ1n) is 6.16. The van der Waals surface area contributed by atoms with Crippen LogP contribution in [0.4, 0.5) is 4.79 Å². The maximum absolute atomic E-state index is 11.5. The molecule has 0 bridgehead atoms. The summed E-state index contributed by atoms with van der Waals surface area (Å²) >= 11 is 0. The summed E-state index contributed by atoms with van der Waals surface area (Å²) in [5.74, 6) is -0.446. The summed E-state index contributed by atoms with van der Waals surface area (Å²) in [4.78, 5) is 22.6. The molecule has 0 aromatic heterocycles. The number of amides is 2. The van der Waals surface area contributed by atoms with Crippen molar-refractivity contribution in [2.45, 2.75) is 58.5 Å². The molecule has 2 unspecified atom stereocenters. The molecule has 0 rings (SSSR count). The van der Waals surface area contributed by atoms with Crippen LogP contribution in [0.3, 0.4) is 0 Å². The summed E-state index contributed by atoms with van der Waals surface area (Å²) in [5.41, 5.74) is 0. The fraction of sp³-hybridized carbons (Fsp3) is 0.833. The van der Waals surface area contributed by atoms with Crippen LogP contribution in [-0.2, 0) is 9.53 Å². The summed E-state index contributed by atoms with van der Waals surface area (Å²) in [7, 11) is 1.30. The van der Waals surface area contributed by atoms with E-state index in [-0.39, 0.29) is 12.1 Å². The Bertz CT molecular complexity index is 244. The molecule has 2 amide bonds. The van der Waals surface area contributed by atoms with E-state index in [1.807, 2.05) is 6.92 Å². The van der Waals surface area contributed by atoms with Gasteiger partial charge in [-0.2, -0.15) is 0 Å². The Labute approximate surface area is 103 Å². The molecule has 0 spiro atoms. The molecule has 0 aromatic carbocycles. The van der Waals surface area contributed by atoms with Gasteiger partial charge in [-0.15, -0.1) is 0 Å². The van der Waals surface area contributed by atoms with Crippen molar-refractivity contribution in [1.82, 2.24) is 10.6 Å². The zero-order valence-electron chi connectivity index (χ0n) is 11.2. The average molecular weight is 244 g/mol. The monoisotopic (exact) mass is 244 g/mol. The van der Waals surface area contributed by atoms with Gasteiger partial charge in [-0.05, 0) is 20.3 Å². The lowest BCUT2D eigenvalue weighted by molar-refractivity contribution is -0.142. The van der Waals surface area contributed by atoms with Crippen LogP contribution in [0.2, 0.25) is 0 Å². The minimum absolute atomic E-state index is 0.117. The Morgan fingerprint density at radius 2 is 1.82 bits per heavy atom. The van der Waals surface area contributed by atoms with E-state index in [9.17, 15) is 9.59 Å². The fourth-order valence-corrected chi connectivity index (χ4v) is 1.47. The van der Waals surface area contributed by atoms with Crippen LogP contribution in [0, 0.1) is 0 Å². The fourth-order valence-electron chi connectivity index (χ4n) is 1.47. The van der Waals surface area contributed by atoms with E-state index in [2.05, 4.69) is 22.3 Å². The Balaban J connectivity index is 3.81. The molecule has 0 aliphatic heterocycles. The van der Waals surface area contributed by atoms with Gasteiger partial charge in [0, 0.05) is 6.04 Å². The van der Waals surface area contributed by atoms with Crippen molar-refractivity contribution < 1.29 is 14.3 Å². The van der Waals surface area contributed by atoms with Gasteiger partial charge in [-0.3, -0.25) is 0 Å². The molecule has 0 aliphatic carbocycles. The van der Waals surface area contributed by atoms with E-state index in [1.165, 1.54) is 13.5 Å². The van der Waals surface area contributed by atoms with Crippen LogP contribution in [0.15, 0.2) is 0 Å². The number of urea groups is 1. The molecule has 0 radical (unpaired) electrons. The van der Waals surface area contributed by atoms with Gasteiger partial charge in [0.1, 0.15) is 6.04 Å². The summed E-state index contributed by atoms with van der Waals surface area (Å²) < 4.78 is 4.52. The maximum atomic E-state index is 11.5. The Morgan fingerprint density at radius 1 is 1.18 bits per heavy atom. The highest BCUT2D eigenvalue weighted by atomic mass is 16.5. The van der Waals surface area contributed by atoms with Gasteiger partial charge in [0.25, 0.3) is 0 Å². The van der Waals surface area contributed by atoms with Crippen molar-refractivity contribution in [1.29, 1.82) is 0 Å². The molecule has 0 aliphatic rings. The van der Waals surface area contributed by atoms with Gasteiger partial charge in [-0.25, -0.2) is 9.59 Å². The van der Waals surface area contributed by atoms with Crippen LogP contribution >= 0.6 is 0 Å². The van der Waals surface area contributed by atoms with Gasteiger partial charge in [-0.1, -0.05) is 26.2 Å². The minimum atomic E-state index is -0.622. The standard InChI is InChI=1S/C12H24N2O3/c1-5-6-7-8-9(2)13-12(16)14-10(3)11(15)17-4/h9-10H,5-8H2,1-4H3,(H2,13,14,16). The van der Waals surface area contributed by atoms with Gasteiger partial charge in [0.2, 0.25) is 0 Å². The number of carbonyl (C=O) groups excluding carboxylic acids is 2. The van der Waals surface area contributed by atoms with Crippen molar-refractivity contribution in [3.05, 3.63) is 0 Å². The first-order valence-corrected chi connectivity index (χ1v) is 6.16. The lowest BCUT2D eigenvalue weighted by Crippen LogP contribution is -2.47. The maximum Gasteiger partial charge on any atom is 0.328 e. The lowest BCUT2D eigenvalue weighted by Gasteiger charge is -2.16. The lowest BCUT2D eigenvalue weighted by atomic mass is 10.1. The van der Waals surface area contributed by atoms with E-state index < -0.39 is 12.0 Å². The average Bonchev–Trinajstić information content (AvgIpc) is 2.27. The zero-order valence-corrected chi connectivity index (χ0v) is 11.2. The number of hydrogen-bond acceptors (Lipinski definition) is 3. The normalized spacial score (nSPS) is 13.6. The molecular weight excluding hydrogens is 220 g/mol. The predicted molar refractivity (Wildman–Crippen MR) is 66.7 cm³/mol. The molecule has 100 valence electrons. The van der Waals surface area contributed by atoms with Gasteiger partial charge >= 0.3 is 12.0 Å². The minimum Gasteiger partial charge on any atom is -0.467 e. The summed E-state index contributed by atoms with van der Waals surface area (Å²) in [6.45, 7) is 5.69. The third-order valence-electron chi connectivity index (χ3n) is 2.52. The second-order valence-electron chi connectivity index (χ2n) is 4.26. The van der Waals surface area contributed by atoms with E-state index in [0.717, 1.165) is 19.3 Å². The van der Waals surface area contributed by atoms with Crippen molar-refractivity contribution in [3.8, 4) is 0 Å². The number of methoxy groups -OCH3 is 1. The number of hydrogen-bond donors (Lipinski definition) is 2. The Hall–Kier alpha value is -1.26. The molecule has 0 saturated carbocycles. The summed E-state index contributed by atoms with van der Waals surface area (Å²) in [6, 6.07) is -0.832. The number of esters is 1. The van der Waals surface area contributed by atoms with Crippen molar-refractivity contribution >= 4 is 12.0 Å². The quantitative estimate of drug-likeness (QED) is 0.530. The van der Waals surface area contributed by atoms with Gasteiger partial charge in [0.15, 0.2) is 0 Å². The summed E-state index contributed by atoms with van der Waals surface area (Å²) in [6.07, 6.45) is 4.39. The smallest absolute Gasteiger partial charge is 0.328 e. The number of ether oxygens (including phenoxy) is 1. The highest BCUT2D eigenvalue weighted by molar-refractivity contribution is 5.83. The summed E-state index contributed by atoms with van der Waals surface area (Å²) in [5, 5.41) is 5.32. The Kier molecular flexibility index (Phi) is 8.19. The number of rotatable bonds is 7. The zero-order chi connectivity index (χ0) is 13.3. The second-order valence-corrected chi connectivity index (χ2v) is 4.26. The third-order valence-corrected chi connectivity index (χ3v) is 2.52. The van der Waals surface area contributed by atoms with Crippen molar-refractivity contribution in [2.24, 2.45) is 0 Å². The topological polar surface area (TPSA) is 67.4 Å². The van der Waals surface area contributed by atoms with E-state index >= 15 is 0 Å². The SMILES string of the molecule is CCCCCC(C)NC(=O)NC(C)C(=O)OC. The van der Waals surface area contributed by atoms with E-state index in [1.54, 1.807) is 6.92 Å². The highest BCUT2D eigenvalue weighted by Gasteiger charge is 2.16. The van der Waals surface area contributed by atoms with Gasteiger partial charge in [0.05, 0.1) is 7.11 Å². The number of nitrogens with one attached hydrogen (secondary N) is 2. The number of carbonyl (C=O) groups is 2. The predicted octanol–water partition coefficient (Wildman–Crippen LogP) is 1.82. The van der Waals surface area contributed by atoms with Crippen molar-refractivity contribution in [2.75, 3.05) is 7.11 Å². The molecule has 2 atom stereocenters. The highest BCUT2D eigenvalue weighted by Crippen LogP contribution is 2.02. The Morgan fingerprint density at radius 3 is 2.35 bits per heavy atom. The molecule has 5 nitrogen and oxygen atoms in total. The molecule has 0 fully saturated rings. The van der Waals surface area contributed by atoms with Crippen LogP contribution in [0.1, 0.15) is 46.5 Å². The molecule has 2 N–H and O–H groups in total. The third kappa shape index (κ3) is 7.60. The number of unbranched alkanes of at least 4 members (excludes halogenated alkanes) is 2. The van der Waals surface area contributed by atoms with Gasteiger partial charge < -0.3 is 15.4 Å². The molecule has 5 heteroatoms. The first-order chi connectivity index (χ1) is 8.01. The molecule has 0 heterocycles. The van der Waals surface area contributed by atoms with Crippen LogP contribution in [0.5, 0.6) is 0 Å². The molecule has 17 heavy (non-hydrogen) atoms. The van der Waals surface area contributed by atoms with Crippen molar-refractivity contribution in [3.63, 3.8) is 0 Å². The van der Waals surface area contributed by atoms with E-state index in [0.29, 0.717) is 0 Å². The van der Waals surface area contributed by atoms with Crippen LogP contribution in [0.25, 0.3) is 0 Å². The first kappa shape index (κ1) is 15.7. The van der Waals surface area contributed by atoms with Crippen LogP contribution in [-0.4, -0.2) is 31.2 Å². The molecule has 0 saturated heterocycles. The molecule has 0 aromatic rings. The largest absolute Gasteiger partial charge is 0.467 e. The second kappa shape index (κ2) is 8.84.